The molecule has 0 fully saturated rings. The molecule has 0 unspecified atom stereocenters. The van der Waals surface area contributed by atoms with Gasteiger partial charge in [0.15, 0.2) is 0 Å². The maximum atomic E-state index is 10.5. The number of hydrogen-bond donors (Lipinski definition) is 3. The molecule has 0 saturated heterocycles. The number of carbonyl (C=O) groups is 1. The van der Waals surface area contributed by atoms with Crippen LogP contribution in [0.1, 0.15) is 38.9 Å². The molecule has 0 spiro atoms. The van der Waals surface area contributed by atoms with Crippen molar-refractivity contribution in [1.82, 2.24) is 9.97 Å². The zero-order valence-corrected chi connectivity index (χ0v) is 13.0. The lowest BCUT2D eigenvalue weighted by Gasteiger charge is -2.12. The zero-order chi connectivity index (χ0) is 15.7. The minimum atomic E-state index is -0.467. The maximum Gasteiger partial charge on any atom is 0.243 e. The highest BCUT2D eigenvalue weighted by molar-refractivity contribution is 5.74. The fourth-order valence-electron chi connectivity index (χ4n) is 1.58. The summed E-state index contributed by atoms with van der Waals surface area (Å²) < 4.78 is 5.09. The van der Waals surface area contributed by atoms with E-state index in [4.69, 9.17) is 10.5 Å². The Morgan fingerprint density at radius 1 is 1.29 bits per heavy atom. The molecule has 0 aliphatic carbocycles. The normalized spacial score (nSPS) is 10.7. The van der Waals surface area contributed by atoms with Crippen LogP contribution >= 0.6 is 0 Å². The largest absolute Gasteiger partial charge is 0.370 e. The number of hydrogen-bond acceptors (Lipinski definition) is 6. The summed E-state index contributed by atoms with van der Waals surface area (Å²) in [5.41, 5.74) is 4.99. The first-order valence-electron chi connectivity index (χ1n) is 7.25. The molecule has 1 aromatic heterocycles. The van der Waals surface area contributed by atoms with Gasteiger partial charge in [-0.2, -0.15) is 0 Å². The highest BCUT2D eigenvalue weighted by Crippen LogP contribution is 2.16. The first-order chi connectivity index (χ1) is 10.0. The molecule has 1 heterocycles. The SMILES string of the molecule is CCCNc1cc(NCCOCC(N)=O)nc(C(C)C)n1. The molecule has 1 aromatic rings. The minimum Gasteiger partial charge on any atom is -0.370 e. The van der Waals surface area contributed by atoms with Crippen LogP contribution in [0.15, 0.2) is 6.07 Å². The zero-order valence-electron chi connectivity index (χ0n) is 13.0. The first kappa shape index (κ1) is 17.2. The van der Waals surface area contributed by atoms with Crippen molar-refractivity contribution in [3.63, 3.8) is 0 Å². The van der Waals surface area contributed by atoms with E-state index in [1.54, 1.807) is 0 Å². The van der Waals surface area contributed by atoms with Gasteiger partial charge in [0.2, 0.25) is 5.91 Å². The summed E-state index contributed by atoms with van der Waals surface area (Å²) in [5.74, 6) is 2.13. The van der Waals surface area contributed by atoms with E-state index in [1.165, 1.54) is 0 Å². The summed E-state index contributed by atoms with van der Waals surface area (Å²) in [5, 5.41) is 6.43. The summed E-state index contributed by atoms with van der Waals surface area (Å²) in [6.45, 7) is 7.96. The molecule has 0 aliphatic rings. The number of nitrogens with one attached hydrogen (secondary N) is 2. The van der Waals surface area contributed by atoms with Gasteiger partial charge in [0, 0.05) is 25.1 Å². The van der Waals surface area contributed by atoms with Gasteiger partial charge in [-0.3, -0.25) is 4.79 Å². The van der Waals surface area contributed by atoms with Gasteiger partial charge in [-0.25, -0.2) is 9.97 Å². The average molecular weight is 295 g/mol. The van der Waals surface area contributed by atoms with Crippen molar-refractivity contribution >= 4 is 17.5 Å². The Bertz CT molecular complexity index is 451. The topological polar surface area (TPSA) is 102 Å². The number of ether oxygens (including phenoxy) is 1. The lowest BCUT2D eigenvalue weighted by Crippen LogP contribution is -2.21. The molecule has 4 N–H and O–H groups in total. The Kier molecular flexibility index (Phi) is 7.45. The van der Waals surface area contributed by atoms with Crippen molar-refractivity contribution in [2.75, 3.05) is 36.9 Å². The number of aromatic nitrogens is 2. The van der Waals surface area contributed by atoms with E-state index in [9.17, 15) is 4.79 Å². The molecule has 21 heavy (non-hydrogen) atoms. The molecule has 0 aliphatic heterocycles. The fourth-order valence-corrected chi connectivity index (χ4v) is 1.58. The first-order valence-corrected chi connectivity index (χ1v) is 7.25. The van der Waals surface area contributed by atoms with Crippen LogP contribution in [0, 0.1) is 0 Å². The molecule has 7 nitrogen and oxygen atoms in total. The molecule has 0 atom stereocenters. The van der Waals surface area contributed by atoms with E-state index < -0.39 is 5.91 Å². The third-order valence-electron chi connectivity index (χ3n) is 2.61. The van der Waals surface area contributed by atoms with Crippen LogP contribution in [0.2, 0.25) is 0 Å². The Morgan fingerprint density at radius 3 is 2.43 bits per heavy atom. The van der Waals surface area contributed by atoms with Crippen molar-refractivity contribution in [2.24, 2.45) is 5.73 Å². The van der Waals surface area contributed by atoms with E-state index in [0.717, 1.165) is 30.4 Å². The summed E-state index contributed by atoms with van der Waals surface area (Å²) >= 11 is 0. The van der Waals surface area contributed by atoms with E-state index in [-0.39, 0.29) is 12.5 Å². The molecule has 0 radical (unpaired) electrons. The number of carbonyl (C=O) groups excluding carboxylic acids is 1. The number of nitrogens with two attached hydrogens (primary N) is 1. The molecule has 0 saturated carbocycles. The molecule has 7 heteroatoms. The third-order valence-corrected chi connectivity index (χ3v) is 2.61. The number of anilines is 2. The van der Waals surface area contributed by atoms with Crippen LogP contribution in [0.4, 0.5) is 11.6 Å². The maximum absolute atomic E-state index is 10.5. The molecule has 0 aromatic carbocycles. The van der Waals surface area contributed by atoms with Gasteiger partial charge in [-0.05, 0) is 6.42 Å². The highest BCUT2D eigenvalue weighted by atomic mass is 16.5. The minimum absolute atomic E-state index is 0.0635. The summed E-state index contributed by atoms with van der Waals surface area (Å²) in [4.78, 5) is 19.5. The van der Waals surface area contributed by atoms with Crippen LogP contribution in [-0.2, 0) is 9.53 Å². The molecular weight excluding hydrogens is 270 g/mol. The van der Waals surface area contributed by atoms with E-state index in [0.29, 0.717) is 13.2 Å². The van der Waals surface area contributed by atoms with Gasteiger partial charge in [0.05, 0.1) is 6.61 Å². The van der Waals surface area contributed by atoms with Gasteiger partial charge >= 0.3 is 0 Å². The van der Waals surface area contributed by atoms with Crippen molar-refractivity contribution in [3.8, 4) is 0 Å². The smallest absolute Gasteiger partial charge is 0.243 e. The molecule has 0 bridgehead atoms. The predicted molar refractivity (Wildman–Crippen MR) is 83.4 cm³/mol. The monoisotopic (exact) mass is 295 g/mol. The lowest BCUT2D eigenvalue weighted by molar-refractivity contribution is -0.122. The Hall–Kier alpha value is -1.89. The van der Waals surface area contributed by atoms with Crippen molar-refractivity contribution in [1.29, 1.82) is 0 Å². The van der Waals surface area contributed by atoms with Crippen LogP contribution in [0.5, 0.6) is 0 Å². The molecule has 118 valence electrons. The van der Waals surface area contributed by atoms with Gasteiger partial charge in [0.25, 0.3) is 0 Å². The Labute approximate surface area is 125 Å². The summed E-state index contributed by atoms with van der Waals surface area (Å²) in [7, 11) is 0. The third kappa shape index (κ3) is 6.89. The van der Waals surface area contributed by atoms with E-state index in [1.807, 2.05) is 6.07 Å². The number of amides is 1. The standard InChI is InChI=1S/C14H25N5O2/c1-4-5-16-12-8-13(19-14(18-12)10(2)3)17-6-7-21-9-11(15)20/h8,10H,4-7,9H2,1-3H3,(H2,15,20)(H2,16,17,18,19). The summed E-state index contributed by atoms with van der Waals surface area (Å²) in [6.07, 6.45) is 1.03. The van der Waals surface area contributed by atoms with Crippen molar-refractivity contribution in [2.45, 2.75) is 33.1 Å². The number of rotatable bonds is 10. The number of primary amides is 1. The van der Waals surface area contributed by atoms with E-state index >= 15 is 0 Å². The Morgan fingerprint density at radius 2 is 1.90 bits per heavy atom. The number of nitrogens with zero attached hydrogens (tertiary/aromatic N) is 2. The van der Waals surface area contributed by atoms with Crippen LogP contribution < -0.4 is 16.4 Å². The van der Waals surface area contributed by atoms with Gasteiger partial charge < -0.3 is 21.1 Å². The fraction of sp³-hybridized carbons (Fsp3) is 0.643. The highest BCUT2D eigenvalue weighted by Gasteiger charge is 2.07. The molecular formula is C14H25N5O2. The van der Waals surface area contributed by atoms with Gasteiger partial charge in [0.1, 0.15) is 24.1 Å². The average Bonchev–Trinajstić information content (AvgIpc) is 2.44. The van der Waals surface area contributed by atoms with Gasteiger partial charge in [-0.15, -0.1) is 0 Å². The van der Waals surface area contributed by atoms with Crippen LogP contribution in [0.25, 0.3) is 0 Å². The van der Waals surface area contributed by atoms with E-state index in [2.05, 4.69) is 41.4 Å². The quantitative estimate of drug-likeness (QED) is 0.563. The summed E-state index contributed by atoms with van der Waals surface area (Å²) in [6, 6.07) is 1.87. The van der Waals surface area contributed by atoms with Gasteiger partial charge in [-0.1, -0.05) is 20.8 Å². The van der Waals surface area contributed by atoms with Crippen LogP contribution in [0.3, 0.4) is 0 Å². The van der Waals surface area contributed by atoms with Crippen molar-refractivity contribution < 1.29 is 9.53 Å². The molecule has 1 rings (SSSR count). The second kappa shape index (κ2) is 9.12. The van der Waals surface area contributed by atoms with Crippen LogP contribution in [-0.4, -0.2) is 42.2 Å². The predicted octanol–water partition coefficient (Wildman–Crippen LogP) is 1.34. The van der Waals surface area contributed by atoms with Crippen molar-refractivity contribution in [3.05, 3.63) is 11.9 Å². The molecule has 1 amide bonds. The lowest BCUT2D eigenvalue weighted by atomic mass is 10.2. The second-order valence-corrected chi connectivity index (χ2v) is 5.02. The second-order valence-electron chi connectivity index (χ2n) is 5.02. The Balaban J connectivity index is 2.58.